The Hall–Kier alpha value is -3.04. The van der Waals surface area contributed by atoms with Crippen molar-refractivity contribution in [3.8, 4) is 11.6 Å². The summed E-state index contributed by atoms with van der Waals surface area (Å²) in [4.78, 5) is 12.3. The van der Waals surface area contributed by atoms with Gasteiger partial charge < -0.3 is 9.73 Å². The first-order valence-electron chi connectivity index (χ1n) is 10.4. The van der Waals surface area contributed by atoms with Crippen molar-refractivity contribution in [3.63, 3.8) is 0 Å². The third-order valence-electron chi connectivity index (χ3n) is 4.76. The quantitative estimate of drug-likeness (QED) is 0.243. The van der Waals surface area contributed by atoms with E-state index in [1.807, 2.05) is 47.0 Å². The second kappa shape index (κ2) is 11.7. The van der Waals surface area contributed by atoms with Gasteiger partial charge in [-0.3, -0.25) is 9.36 Å². The maximum atomic E-state index is 13.6. The lowest BCUT2D eigenvalue weighted by Crippen LogP contribution is -2.27. The number of hydrogen-bond acceptors (Lipinski definition) is 6. The summed E-state index contributed by atoms with van der Waals surface area (Å²) < 4.78 is 21.1. The highest BCUT2D eigenvalue weighted by molar-refractivity contribution is 7.99. The number of carbonyl (C=O) groups excluding carboxylic acids is 1. The molecular weight excluding hydrogens is 459 g/mol. The Morgan fingerprint density at radius 1 is 1.03 bits per heavy atom. The molecule has 1 N–H and O–H groups in total. The van der Waals surface area contributed by atoms with Gasteiger partial charge in [-0.25, -0.2) is 4.39 Å². The van der Waals surface area contributed by atoms with E-state index in [9.17, 15) is 9.18 Å². The van der Waals surface area contributed by atoms with Gasteiger partial charge in [0, 0.05) is 18.1 Å². The van der Waals surface area contributed by atoms with Crippen LogP contribution in [-0.2, 0) is 17.1 Å². The number of amides is 1. The average Bonchev–Trinajstić information content (AvgIpc) is 3.49. The summed E-state index contributed by atoms with van der Waals surface area (Å²) in [5.41, 5.74) is 1.78. The number of furan rings is 1. The standard InChI is InChI=1S/C24H23FN4O2S2/c25-20-10-5-4-9-19(20)16-32-14-12-26-22(30)17-33-24-28-27-23(21-11-6-13-31-21)29(24)15-18-7-2-1-3-8-18/h1-11,13H,12,14-17H2,(H,26,30). The molecule has 4 rings (SSSR count). The van der Waals surface area contributed by atoms with Gasteiger partial charge in [0.05, 0.1) is 18.6 Å². The SMILES string of the molecule is O=C(CSc1nnc(-c2ccco2)n1Cc1ccccc1)NCCSCc1ccccc1F. The van der Waals surface area contributed by atoms with Crippen molar-refractivity contribution in [2.75, 3.05) is 18.1 Å². The third-order valence-corrected chi connectivity index (χ3v) is 6.73. The highest BCUT2D eigenvalue weighted by atomic mass is 32.2. The monoisotopic (exact) mass is 482 g/mol. The first-order valence-corrected chi connectivity index (χ1v) is 12.6. The van der Waals surface area contributed by atoms with E-state index in [4.69, 9.17) is 4.42 Å². The first-order chi connectivity index (χ1) is 16.2. The Morgan fingerprint density at radius 2 is 1.85 bits per heavy atom. The summed E-state index contributed by atoms with van der Waals surface area (Å²) in [5.74, 6) is 2.48. The number of thioether (sulfide) groups is 2. The van der Waals surface area contributed by atoms with Crippen molar-refractivity contribution >= 4 is 29.4 Å². The van der Waals surface area contributed by atoms with Crippen molar-refractivity contribution < 1.29 is 13.6 Å². The van der Waals surface area contributed by atoms with E-state index in [1.54, 1.807) is 36.2 Å². The number of nitrogens with zero attached hydrogens (tertiary/aromatic N) is 3. The Labute approximate surface area is 200 Å². The van der Waals surface area contributed by atoms with Crippen LogP contribution in [0.3, 0.4) is 0 Å². The van der Waals surface area contributed by atoms with Crippen molar-refractivity contribution in [2.45, 2.75) is 17.5 Å². The topological polar surface area (TPSA) is 73.0 Å². The number of hydrogen-bond donors (Lipinski definition) is 1. The number of nitrogens with one attached hydrogen (secondary N) is 1. The average molecular weight is 483 g/mol. The number of rotatable bonds is 11. The second-order valence-corrected chi connectivity index (χ2v) is 9.19. The summed E-state index contributed by atoms with van der Waals surface area (Å²) in [6.07, 6.45) is 1.60. The maximum absolute atomic E-state index is 13.6. The summed E-state index contributed by atoms with van der Waals surface area (Å²) in [7, 11) is 0. The van der Waals surface area contributed by atoms with Gasteiger partial charge in [-0.1, -0.05) is 60.3 Å². The fourth-order valence-electron chi connectivity index (χ4n) is 3.13. The molecule has 0 atom stereocenters. The van der Waals surface area contributed by atoms with Crippen molar-refractivity contribution in [2.24, 2.45) is 0 Å². The van der Waals surface area contributed by atoms with Crippen LogP contribution in [0.1, 0.15) is 11.1 Å². The molecule has 0 spiro atoms. The van der Waals surface area contributed by atoms with E-state index in [1.165, 1.54) is 17.8 Å². The van der Waals surface area contributed by atoms with E-state index < -0.39 is 0 Å². The molecule has 0 aliphatic carbocycles. The molecule has 33 heavy (non-hydrogen) atoms. The third kappa shape index (κ3) is 6.49. The Balaban J connectivity index is 1.29. The lowest BCUT2D eigenvalue weighted by molar-refractivity contribution is -0.118. The minimum Gasteiger partial charge on any atom is -0.461 e. The minimum absolute atomic E-state index is 0.0831. The van der Waals surface area contributed by atoms with Crippen molar-refractivity contribution in [3.05, 3.63) is 89.9 Å². The molecule has 2 aromatic heterocycles. The number of carbonyl (C=O) groups is 1. The van der Waals surface area contributed by atoms with Crippen LogP contribution >= 0.6 is 23.5 Å². The van der Waals surface area contributed by atoms with Crippen molar-refractivity contribution in [1.82, 2.24) is 20.1 Å². The van der Waals surface area contributed by atoms with Gasteiger partial charge >= 0.3 is 0 Å². The molecule has 2 aromatic carbocycles. The normalized spacial score (nSPS) is 10.9. The Bertz CT molecular complexity index is 1170. The Morgan fingerprint density at radius 3 is 2.64 bits per heavy atom. The molecule has 0 unspecified atom stereocenters. The smallest absolute Gasteiger partial charge is 0.230 e. The minimum atomic E-state index is -0.195. The van der Waals surface area contributed by atoms with Gasteiger partial charge in [0.25, 0.3) is 0 Å². The zero-order chi connectivity index (χ0) is 22.9. The summed E-state index contributed by atoms with van der Waals surface area (Å²) in [6.45, 7) is 1.09. The molecular formula is C24H23FN4O2S2. The second-order valence-electron chi connectivity index (χ2n) is 7.14. The van der Waals surface area contributed by atoms with Gasteiger partial charge in [0.15, 0.2) is 10.9 Å². The Kier molecular flexibility index (Phi) is 8.21. The van der Waals surface area contributed by atoms with E-state index in [0.29, 0.717) is 46.9 Å². The molecule has 0 bridgehead atoms. The van der Waals surface area contributed by atoms with Crippen LogP contribution in [0, 0.1) is 5.82 Å². The van der Waals surface area contributed by atoms with E-state index in [-0.39, 0.29) is 17.5 Å². The summed E-state index contributed by atoms with van der Waals surface area (Å²) >= 11 is 2.92. The van der Waals surface area contributed by atoms with Crippen molar-refractivity contribution in [1.29, 1.82) is 0 Å². The van der Waals surface area contributed by atoms with Crippen LogP contribution in [0.2, 0.25) is 0 Å². The zero-order valence-electron chi connectivity index (χ0n) is 17.8. The van der Waals surface area contributed by atoms with Gasteiger partial charge in [-0.2, -0.15) is 11.8 Å². The molecule has 9 heteroatoms. The van der Waals surface area contributed by atoms with E-state index in [2.05, 4.69) is 15.5 Å². The predicted molar refractivity (Wildman–Crippen MR) is 130 cm³/mol. The molecule has 0 aliphatic heterocycles. The van der Waals surface area contributed by atoms with Crippen LogP contribution < -0.4 is 5.32 Å². The molecule has 0 radical (unpaired) electrons. The summed E-state index contributed by atoms with van der Waals surface area (Å²) in [6, 6.07) is 20.4. The molecule has 0 aliphatic rings. The molecule has 4 aromatic rings. The lowest BCUT2D eigenvalue weighted by Gasteiger charge is -2.09. The van der Waals surface area contributed by atoms with Crippen LogP contribution in [-0.4, -0.2) is 38.7 Å². The zero-order valence-corrected chi connectivity index (χ0v) is 19.4. The van der Waals surface area contributed by atoms with Gasteiger partial charge in [-0.15, -0.1) is 10.2 Å². The molecule has 1 amide bonds. The van der Waals surface area contributed by atoms with E-state index in [0.717, 1.165) is 5.56 Å². The predicted octanol–water partition coefficient (Wildman–Crippen LogP) is 4.87. The lowest BCUT2D eigenvalue weighted by atomic mass is 10.2. The van der Waals surface area contributed by atoms with Gasteiger partial charge in [0.2, 0.25) is 11.7 Å². The molecule has 0 saturated carbocycles. The number of halogens is 1. The van der Waals surface area contributed by atoms with E-state index >= 15 is 0 Å². The fourth-order valence-corrected chi connectivity index (χ4v) is 4.75. The highest BCUT2D eigenvalue weighted by Crippen LogP contribution is 2.25. The van der Waals surface area contributed by atoms with Crippen LogP contribution in [0.4, 0.5) is 4.39 Å². The molecule has 2 heterocycles. The molecule has 0 fully saturated rings. The fraction of sp³-hybridized carbons (Fsp3) is 0.208. The first kappa shape index (κ1) is 23.1. The highest BCUT2D eigenvalue weighted by Gasteiger charge is 2.17. The molecule has 6 nitrogen and oxygen atoms in total. The van der Waals surface area contributed by atoms with Gasteiger partial charge in [-0.05, 0) is 29.3 Å². The summed E-state index contributed by atoms with van der Waals surface area (Å²) in [5, 5.41) is 12.1. The number of benzene rings is 2. The molecule has 170 valence electrons. The van der Waals surface area contributed by atoms with Crippen LogP contribution in [0.5, 0.6) is 0 Å². The number of aromatic nitrogens is 3. The van der Waals surface area contributed by atoms with Gasteiger partial charge in [0.1, 0.15) is 5.82 Å². The maximum Gasteiger partial charge on any atom is 0.230 e. The largest absolute Gasteiger partial charge is 0.461 e. The van der Waals surface area contributed by atoms with Crippen LogP contribution in [0.25, 0.3) is 11.6 Å². The molecule has 0 saturated heterocycles. The van der Waals surface area contributed by atoms with Crippen LogP contribution in [0.15, 0.2) is 82.6 Å².